The number of thioether (sulfide) groups is 1. The normalized spacial score (nSPS) is 28.2. The van der Waals surface area contributed by atoms with E-state index in [2.05, 4.69) is 0 Å². The minimum absolute atomic E-state index is 0.00944. The van der Waals surface area contributed by atoms with Gasteiger partial charge in [-0.25, -0.2) is 4.79 Å². The first-order chi connectivity index (χ1) is 6.63. The third kappa shape index (κ3) is 1.24. The minimum Gasteiger partial charge on any atom is -0.477 e. The van der Waals surface area contributed by atoms with E-state index in [1.807, 2.05) is 13.0 Å². The number of hydrogen-bond acceptors (Lipinski definition) is 3. The fourth-order valence-electron chi connectivity index (χ4n) is 1.48. The lowest BCUT2D eigenvalue weighted by molar-refractivity contribution is -0.145. The second-order valence-electron chi connectivity index (χ2n) is 3.07. The summed E-state index contributed by atoms with van der Waals surface area (Å²) < 4.78 is 0. The van der Waals surface area contributed by atoms with Crippen LogP contribution in [0.3, 0.4) is 0 Å². The zero-order chi connectivity index (χ0) is 10.3. The summed E-state index contributed by atoms with van der Waals surface area (Å²) >= 11 is 1.53. The Morgan fingerprint density at radius 1 is 1.79 bits per heavy atom. The van der Waals surface area contributed by atoms with Crippen molar-refractivity contribution >= 4 is 23.6 Å². The number of fused-ring (bicyclic) bond motifs is 1. The van der Waals surface area contributed by atoms with Crippen molar-refractivity contribution in [2.24, 2.45) is 0 Å². The van der Waals surface area contributed by atoms with Crippen molar-refractivity contribution in [1.29, 1.82) is 0 Å². The van der Waals surface area contributed by atoms with Gasteiger partial charge in [-0.3, -0.25) is 9.69 Å². The molecule has 2 rings (SSSR count). The van der Waals surface area contributed by atoms with E-state index < -0.39 is 5.97 Å². The molecule has 1 fully saturated rings. The topological polar surface area (TPSA) is 57.6 Å². The molecule has 0 bridgehead atoms. The molecule has 2 heterocycles. The number of carboxylic acid groups (broad SMARTS) is 1. The highest BCUT2D eigenvalue weighted by Gasteiger charge is 2.43. The molecule has 2 aliphatic heterocycles. The Balaban J connectivity index is 2.37. The molecule has 0 radical (unpaired) electrons. The van der Waals surface area contributed by atoms with Crippen LogP contribution < -0.4 is 0 Å². The van der Waals surface area contributed by atoms with E-state index >= 15 is 0 Å². The molecule has 0 aromatic rings. The Morgan fingerprint density at radius 3 is 3.00 bits per heavy atom. The molecule has 0 spiro atoms. The van der Waals surface area contributed by atoms with Crippen LogP contribution in [0.5, 0.6) is 0 Å². The molecule has 4 nitrogen and oxygen atoms in total. The molecule has 0 aromatic heterocycles. The average molecular weight is 211 g/mol. The third-order valence-corrected chi connectivity index (χ3v) is 3.50. The summed E-state index contributed by atoms with van der Waals surface area (Å²) in [6, 6.07) is 0. The van der Waals surface area contributed by atoms with Crippen LogP contribution in [0, 0.1) is 0 Å². The van der Waals surface area contributed by atoms with Crippen molar-refractivity contribution in [3.8, 4) is 0 Å². The van der Waals surface area contributed by atoms with Crippen molar-refractivity contribution in [2.75, 3.05) is 0 Å². The van der Waals surface area contributed by atoms with E-state index in [4.69, 9.17) is 5.11 Å². The number of nitrogens with zero attached hydrogens (tertiary/aromatic N) is 1. The van der Waals surface area contributed by atoms with Gasteiger partial charge in [-0.15, -0.1) is 11.8 Å². The van der Waals surface area contributed by atoms with E-state index in [0.717, 1.165) is 4.91 Å². The number of allylic oxidation sites excluding steroid dienone is 2. The Labute approximate surface area is 85.3 Å². The van der Waals surface area contributed by atoms with E-state index in [0.29, 0.717) is 6.42 Å². The highest BCUT2D eigenvalue weighted by atomic mass is 32.2. The van der Waals surface area contributed by atoms with Crippen LogP contribution in [0.15, 0.2) is 22.8 Å². The van der Waals surface area contributed by atoms with Crippen LogP contribution in [-0.4, -0.2) is 27.3 Å². The van der Waals surface area contributed by atoms with Gasteiger partial charge in [0.1, 0.15) is 5.70 Å². The maximum absolute atomic E-state index is 11.2. The smallest absolute Gasteiger partial charge is 0.352 e. The number of rotatable bonds is 1. The van der Waals surface area contributed by atoms with Crippen LogP contribution in [0.2, 0.25) is 0 Å². The standard InChI is InChI=1S/C9H9NO3S/c1-2-5-3-6(9(12)13)10-7(11)4-8(10)14-5/h2-3,8H,4H2,1H3,(H,12,13)/t8-/m1/s1. The lowest BCUT2D eigenvalue weighted by atomic mass is 10.1. The van der Waals surface area contributed by atoms with Crippen LogP contribution in [0.4, 0.5) is 0 Å². The summed E-state index contributed by atoms with van der Waals surface area (Å²) in [6.45, 7) is 1.86. The minimum atomic E-state index is -1.04. The molecule has 0 unspecified atom stereocenters. The highest BCUT2D eigenvalue weighted by molar-refractivity contribution is 8.04. The maximum Gasteiger partial charge on any atom is 0.352 e. The summed E-state index contributed by atoms with van der Waals surface area (Å²) in [4.78, 5) is 24.3. The monoisotopic (exact) mass is 211 g/mol. The predicted molar refractivity (Wildman–Crippen MR) is 52.3 cm³/mol. The van der Waals surface area contributed by atoms with Crippen molar-refractivity contribution in [3.63, 3.8) is 0 Å². The molecular formula is C9H9NO3S. The first-order valence-corrected chi connectivity index (χ1v) is 5.11. The zero-order valence-electron chi connectivity index (χ0n) is 7.56. The van der Waals surface area contributed by atoms with E-state index in [-0.39, 0.29) is 17.0 Å². The van der Waals surface area contributed by atoms with E-state index in [1.54, 1.807) is 6.08 Å². The molecule has 5 heteroatoms. The fourth-order valence-corrected chi connectivity index (χ4v) is 2.67. The average Bonchev–Trinajstić information content (AvgIpc) is 2.14. The molecule has 1 saturated heterocycles. The molecule has 1 N–H and O–H groups in total. The number of carboxylic acids is 1. The SMILES string of the molecule is CC=C1C=C(C(=O)O)N2C(=O)C[C@H]2S1. The van der Waals surface area contributed by atoms with E-state index in [1.165, 1.54) is 16.7 Å². The summed E-state index contributed by atoms with van der Waals surface area (Å²) in [5, 5.41) is 8.88. The number of hydrogen-bond donors (Lipinski definition) is 1. The fraction of sp³-hybridized carbons (Fsp3) is 0.333. The van der Waals surface area contributed by atoms with Gasteiger partial charge < -0.3 is 5.11 Å². The molecule has 14 heavy (non-hydrogen) atoms. The second kappa shape index (κ2) is 3.16. The number of β-lactam (4-membered cyclic amide) rings is 1. The van der Waals surface area contributed by atoms with Gasteiger partial charge in [-0.2, -0.15) is 0 Å². The lowest BCUT2D eigenvalue weighted by Gasteiger charge is -2.42. The Bertz CT molecular complexity index is 372. The van der Waals surface area contributed by atoms with Gasteiger partial charge in [0, 0.05) is 4.91 Å². The molecule has 0 saturated carbocycles. The molecule has 1 atom stereocenters. The van der Waals surface area contributed by atoms with Crippen LogP contribution in [-0.2, 0) is 9.59 Å². The van der Waals surface area contributed by atoms with Gasteiger partial charge in [0.05, 0.1) is 11.8 Å². The quantitative estimate of drug-likeness (QED) is 0.661. The molecular weight excluding hydrogens is 202 g/mol. The van der Waals surface area contributed by atoms with Gasteiger partial charge in [-0.1, -0.05) is 6.08 Å². The summed E-state index contributed by atoms with van der Waals surface area (Å²) in [5.74, 6) is -1.14. The second-order valence-corrected chi connectivity index (χ2v) is 4.32. The number of amides is 1. The largest absolute Gasteiger partial charge is 0.477 e. The van der Waals surface area contributed by atoms with Crippen molar-refractivity contribution < 1.29 is 14.7 Å². The van der Waals surface area contributed by atoms with Gasteiger partial charge in [0.25, 0.3) is 0 Å². The first kappa shape index (κ1) is 9.33. The number of carbonyl (C=O) groups is 2. The van der Waals surface area contributed by atoms with Crippen molar-refractivity contribution in [1.82, 2.24) is 4.90 Å². The lowest BCUT2D eigenvalue weighted by Crippen LogP contribution is -2.52. The van der Waals surface area contributed by atoms with Crippen LogP contribution >= 0.6 is 11.8 Å². The molecule has 2 aliphatic rings. The molecule has 0 aliphatic carbocycles. The first-order valence-electron chi connectivity index (χ1n) is 4.23. The highest BCUT2D eigenvalue weighted by Crippen LogP contribution is 2.42. The third-order valence-electron chi connectivity index (χ3n) is 2.22. The van der Waals surface area contributed by atoms with Gasteiger partial charge in [0.2, 0.25) is 5.91 Å². The number of carbonyl (C=O) groups excluding carboxylic acids is 1. The van der Waals surface area contributed by atoms with E-state index in [9.17, 15) is 9.59 Å². The summed E-state index contributed by atoms with van der Waals surface area (Å²) in [5.41, 5.74) is 0.0955. The number of aliphatic carboxylic acids is 1. The molecule has 74 valence electrons. The summed E-state index contributed by atoms with van der Waals surface area (Å²) in [6.07, 6.45) is 3.83. The molecule has 1 amide bonds. The van der Waals surface area contributed by atoms with Gasteiger partial charge >= 0.3 is 5.97 Å². The van der Waals surface area contributed by atoms with Crippen molar-refractivity contribution in [3.05, 3.63) is 22.8 Å². The Morgan fingerprint density at radius 2 is 2.50 bits per heavy atom. The predicted octanol–water partition coefficient (Wildman–Crippen LogP) is 1.16. The maximum atomic E-state index is 11.2. The van der Waals surface area contributed by atoms with Crippen LogP contribution in [0.25, 0.3) is 0 Å². The van der Waals surface area contributed by atoms with Crippen LogP contribution in [0.1, 0.15) is 13.3 Å². The zero-order valence-corrected chi connectivity index (χ0v) is 8.37. The summed E-state index contributed by atoms with van der Waals surface area (Å²) in [7, 11) is 0. The Hall–Kier alpha value is -1.23. The molecule has 0 aromatic carbocycles. The van der Waals surface area contributed by atoms with Gasteiger partial charge in [-0.05, 0) is 13.0 Å². The van der Waals surface area contributed by atoms with Crippen molar-refractivity contribution in [2.45, 2.75) is 18.7 Å². The van der Waals surface area contributed by atoms with Gasteiger partial charge in [0.15, 0.2) is 0 Å². The Kier molecular flexibility index (Phi) is 2.11.